The molecule has 1 amide bonds. The Labute approximate surface area is 132 Å². The molecule has 0 saturated heterocycles. The van der Waals surface area contributed by atoms with E-state index in [9.17, 15) is 4.79 Å². The summed E-state index contributed by atoms with van der Waals surface area (Å²) < 4.78 is 11.2. The first kappa shape index (κ1) is 15.6. The molecular formula is C16H18BrNO3. The lowest BCUT2D eigenvalue weighted by Crippen LogP contribution is -2.33. The summed E-state index contributed by atoms with van der Waals surface area (Å²) >= 11 is 3.39. The maximum absolute atomic E-state index is 12.3. The SMILES string of the molecule is COc1ccc(Br)c(C(=O)NC(C)CCc2ccco2)c1. The van der Waals surface area contributed by atoms with E-state index in [0.29, 0.717) is 11.3 Å². The Morgan fingerprint density at radius 1 is 1.43 bits per heavy atom. The van der Waals surface area contributed by atoms with E-state index in [1.54, 1.807) is 31.6 Å². The number of nitrogens with one attached hydrogen (secondary N) is 1. The van der Waals surface area contributed by atoms with Crippen LogP contribution in [0.25, 0.3) is 0 Å². The van der Waals surface area contributed by atoms with Gasteiger partial charge in [0.15, 0.2) is 0 Å². The number of rotatable bonds is 6. The van der Waals surface area contributed by atoms with Gasteiger partial charge in [0.2, 0.25) is 0 Å². The number of carbonyl (C=O) groups excluding carboxylic acids is 1. The Kier molecular flexibility index (Phi) is 5.44. The first-order chi connectivity index (χ1) is 10.1. The van der Waals surface area contributed by atoms with Crippen LogP contribution in [0.3, 0.4) is 0 Å². The lowest BCUT2D eigenvalue weighted by molar-refractivity contribution is 0.0937. The lowest BCUT2D eigenvalue weighted by atomic mass is 10.1. The van der Waals surface area contributed by atoms with E-state index in [0.717, 1.165) is 23.1 Å². The van der Waals surface area contributed by atoms with Crippen molar-refractivity contribution in [2.45, 2.75) is 25.8 Å². The summed E-state index contributed by atoms with van der Waals surface area (Å²) in [5.74, 6) is 1.47. The Bertz CT molecular complexity index is 596. The van der Waals surface area contributed by atoms with Gasteiger partial charge in [0, 0.05) is 16.9 Å². The van der Waals surface area contributed by atoms with Crippen LogP contribution in [-0.2, 0) is 6.42 Å². The minimum atomic E-state index is -0.118. The lowest BCUT2D eigenvalue weighted by Gasteiger charge is -2.14. The predicted molar refractivity (Wildman–Crippen MR) is 84.7 cm³/mol. The van der Waals surface area contributed by atoms with Gasteiger partial charge in [-0.15, -0.1) is 0 Å². The van der Waals surface area contributed by atoms with Gasteiger partial charge in [-0.25, -0.2) is 0 Å². The Morgan fingerprint density at radius 3 is 2.90 bits per heavy atom. The standard InChI is InChI=1S/C16H18BrNO3/c1-11(5-6-12-4-3-9-21-12)18-16(19)14-10-13(20-2)7-8-15(14)17/h3-4,7-11H,5-6H2,1-2H3,(H,18,19). The van der Waals surface area contributed by atoms with Crippen molar-refractivity contribution >= 4 is 21.8 Å². The van der Waals surface area contributed by atoms with Crippen molar-refractivity contribution in [3.63, 3.8) is 0 Å². The molecule has 0 aliphatic heterocycles. The molecule has 1 atom stereocenters. The molecule has 1 aromatic heterocycles. The smallest absolute Gasteiger partial charge is 0.252 e. The number of aryl methyl sites for hydroxylation is 1. The molecule has 0 spiro atoms. The summed E-state index contributed by atoms with van der Waals surface area (Å²) in [4.78, 5) is 12.3. The predicted octanol–water partition coefficient (Wildman–Crippen LogP) is 3.80. The molecule has 1 unspecified atom stereocenters. The van der Waals surface area contributed by atoms with Gasteiger partial charge in [-0.3, -0.25) is 4.79 Å². The van der Waals surface area contributed by atoms with E-state index in [1.807, 2.05) is 19.1 Å². The van der Waals surface area contributed by atoms with E-state index in [2.05, 4.69) is 21.2 Å². The third kappa shape index (κ3) is 4.36. The third-order valence-electron chi connectivity index (χ3n) is 3.20. The van der Waals surface area contributed by atoms with Crippen molar-refractivity contribution < 1.29 is 13.9 Å². The second kappa shape index (κ2) is 7.31. The van der Waals surface area contributed by atoms with E-state index in [1.165, 1.54) is 0 Å². The number of hydrogen-bond donors (Lipinski definition) is 1. The van der Waals surface area contributed by atoms with Crippen LogP contribution in [0, 0.1) is 0 Å². The summed E-state index contributed by atoms with van der Waals surface area (Å²) in [5.41, 5.74) is 0.569. The van der Waals surface area contributed by atoms with Gasteiger partial charge >= 0.3 is 0 Å². The Balaban J connectivity index is 1.94. The van der Waals surface area contributed by atoms with Crippen molar-refractivity contribution in [2.75, 3.05) is 7.11 Å². The third-order valence-corrected chi connectivity index (χ3v) is 3.89. The maximum atomic E-state index is 12.3. The summed E-state index contributed by atoms with van der Waals surface area (Å²) in [7, 11) is 1.58. The monoisotopic (exact) mass is 351 g/mol. The second-order valence-corrected chi connectivity index (χ2v) is 5.69. The van der Waals surface area contributed by atoms with Gasteiger partial charge in [0.1, 0.15) is 11.5 Å². The zero-order valence-corrected chi connectivity index (χ0v) is 13.6. The van der Waals surface area contributed by atoms with Gasteiger partial charge in [-0.05, 0) is 59.6 Å². The topological polar surface area (TPSA) is 51.5 Å². The second-order valence-electron chi connectivity index (χ2n) is 4.84. The number of halogens is 1. The Morgan fingerprint density at radius 2 is 2.24 bits per heavy atom. The van der Waals surface area contributed by atoms with Gasteiger partial charge in [0.05, 0.1) is 18.9 Å². The molecule has 0 radical (unpaired) electrons. The van der Waals surface area contributed by atoms with Gasteiger partial charge in [-0.2, -0.15) is 0 Å². The summed E-state index contributed by atoms with van der Waals surface area (Å²) in [6.07, 6.45) is 3.28. The van der Waals surface area contributed by atoms with Crippen molar-refractivity contribution in [3.05, 3.63) is 52.4 Å². The number of amides is 1. The molecule has 0 aliphatic rings. The fraction of sp³-hybridized carbons (Fsp3) is 0.312. The highest BCUT2D eigenvalue weighted by Crippen LogP contribution is 2.22. The molecule has 112 valence electrons. The molecule has 1 heterocycles. The summed E-state index contributed by atoms with van der Waals surface area (Å²) in [6, 6.07) is 9.20. The summed E-state index contributed by atoms with van der Waals surface area (Å²) in [6.45, 7) is 1.98. The van der Waals surface area contributed by atoms with Crippen LogP contribution in [-0.4, -0.2) is 19.1 Å². The molecule has 5 heteroatoms. The molecule has 1 N–H and O–H groups in total. The molecule has 0 bridgehead atoms. The highest BCUT2D eigenvalue weighted by molar-refractivity contribution is 9.10. The molecule has 0 aliphatic carbocycles. The first-order valence-corrected chi connectivity index (χ1v) is 7.56. The highest BCUT2D eigenvalue weighted by atomic mass is 79.9. The highest BCUT2D eigenvalue weighted by Gasteiger charge is 2.14. The molecule has 4 nitrogen and oxygen atoms in total. The minimum absolute atomic E-state index is 0.0562. The van der Waals surface area contributed by atoms with E-state index in [-0.39, 0.29) is 11.9 Å². The number of methoxy groups -OCH3 is 1. The molecular weight excluding hydrogens is 334 g/mol. The van der Waals surface area contributed by atoms with E-state index >= 15 is 0 Å². The maximum Gasteiger partial charge on any atom is 0.252 e. The summed E-state index contributed by atoms with van der Waals surface area (Å²) in [5, 5.41) is 2.98. The average Bonchev–Trinajstić information content (AvgIpc) is 2.99. The average molecular weight is 352 g/mol. The number of ether oxygens (including phenoxy) is 1. The molecule has 1 aromatic carbocycles. The molecule has 2 aromatic rings. The van der Waals surface area contributed by atoms with Crippen molar-refractivity contribution in [2.24, 2.45) is 0 Å². The first-order valence-electron chi connectivity index (χ1n) is 6.77. The van der Waals surface area contributed by atoms with E-state index < -0.39 is 0 Å². The number of furan rings is 1. The molecule has 2 rings (SSSR count). The molecule has 0 fully saturated rings. The Hall–Kier alpha value is -1.75. The zero-order valence-electron chi connectivity index (χ0n) is 12.1. The van der Waals surface area contributed by atoms with Crippen LogP contribution < -0.4 is 10.1 Å². The van der Waals surface area contributed by atoms with Crippen molar-refractivity contribution in [1.82, 2.24) is 5.32 Å². The van der Waals surface area contributed by atoms with Crippen LogP contribution in [0.4, 0.5) is 0 Å². The van der Waals surface area contributed by atoms with Gasteiger partial charge in [0.25, 0.3) is 5.91 Å². The zero-order chi connectivity index (χ0) is 15.2. The largest absolute Gasteiger partial charge is 0.497 e. The minimum Gasteiger partial charge on any atom is -0.497 e. The fourth-order valence-corrected chi connectivity index (χ4v) is 2.42. The molecule has 21 heavy (non-hydrogen) atoms. The van der Waals surface area contributed by atoms with Crippen LogP contribution in [0.5, 0.6) is 5.75 Å². The number of carbonyl (C=O) groups is 1. The van der Waals surface area contributed by atoms with Crippen molar-refractivity contribution in [3.8, 4) is 5.75 Å². The molecule has 0 saturated carbocycles. The van der Waals surface area contributed by atoms with Gasteiger partial charge in [-0.1, -0.05) is 0 Å². The van der Waals surface area contributed by atoms with Crippen LogP contribution >= 0.6 is 15.9 Å². The quantitative estimate of drug-likeness (QED) is 0.860. The van der Waals surface area contributed by atoms with Crippen LogP contribution in [0.2, 0.25) is 0 Å². The normalized spacial score (nSPS) is 12.0. The van der Waals surface area contributed by atoms with Crippen LogP contribution in [0.15, 0.2) is 45.5 Å². The van der Waals surface area contributed by atoms with Crippen LogP contribution in [0.1, 0.15) is 29.5 Å². The number of hydrogen-bond acceptors (Lipinski definition) is 3. The van der Waals surface area contributed by atoms with E-state index in [4.69, 9.17) is 9.15 Å². The van der Waals surface area contributed by atoms with Gasteiger partial charge < -0.3 is 14.5 Å². The fourth-order valence-electron chi connectivity index (χ4n) is 1.99. The number of benzene rings is 1. The van der Waals surface area contributed by atoms with Crippen molar-refractivity contribution in [1.29, 1.82) is 0 Å².